The maximum Gasteiger partial charge on any atom is 0.412 e. The molecule has 0 aromatic rings. The van der Waals surface area contributed by atoms with Gasteiger partial charge in [0.1, 0.15) is 11.3 Å². The zero-order chi connectivity index (χ0) is 12.8. The molecule has 0 radical (unpaired) electrons. The number of alkyl carbamates (subject to hydrolysis) is 1. The molecule has 0 bridgehead atoms. The topological polar surface area (TPSA) is 64.6 Å². The van der Waals surface area contributed by atoms with Crippen LogP contribution in [0.3, 0.4) is 0 Å². The summed E-state index contributed by atoms with van der Waals surface area (Å²) in [6.45, 7) is 10.7. The van der Waals surface area contributed by atoms with Crippen LogP contribution in [0.4, 0.5) is 4.79 Å². The van der Waals surface area contributed by atoms with Gasteiger partial charge in [-0.3, -0.25) is 5.32 Å². The van der Waals surface area contributed by atoms with Crippen molar-refractivity contribution in [2.45, 2.75) is 39.7 Å². The lowest BCUT2D eigenvalue weighted by Crippen LogP contribution is -2.34. The highest BCUT2D eigenvalue weighted by molar-refractivity contribution is 5.91. The monoisotopic (exact) mass is 229 g/mol. The molecule has 0 rings (SSSR count). The number of hydrogen-bond acceptors (Lipinski definition) is 4. The van der Waals surface area contributed by atoms with Gasteiger partial charge in [-0.2, -0.15) is 0 Å². The van der Waals surface area contributed by atoms with Gasteiger partial charge in [0.2, 0.25) is 0 Å². The smallest absolute Gasteiger partial charge is 0.412 e. The van der Waals surface area contributed by atoms with Crippen LogP contribution in [-0.2, 0) is 14.3 Å². The lowest BCUT2D eigenvalue weighted by Gasteiger charge is -2.19. The van der Waals surface area contributed by atoms with Gasteiger partial charge >= 0.3 is 12.1 Å². The molecule has 0 fully saturated rings. The fourth-order valence-electron chi connectivity index (χ4n) is 0.760. The summed E-state index contributed by atoms with van der Waals surface area (Å²) in [5.74, 6) is -0.646. The van der Waals surface area contributed by atoms with Crippen LogP contribution in [-0.4, -0.2) is 24.3 Å². The van der Waals surface area contributed by atoms with Crippen LogP contribution < -0.4 is 5.32 Å². The molecule has 0 saturated heterocycles. The van der Waals surface area contributed by atoms with Gasteiger partial charge in [0.15, 0.2) is 0 Å². The Morgan fingerprint density at radius 1 is 1.31 bits per heavy atom. The molecule has 92 valence electrons. The Bertz CT molecular complexity index is 278. The normalized spacial score (nSPS) is 10.5. The fourth-order valence-corrected chi connectivity index (χ4v) is 0.760. The summed E-state index contributed by atoms with van der Waals surface area (Å²) in [6, 6.07) is 0. The molecule has 0 unspecified atom stereocenters. The summed E-state index contributed by atoms with van der Waals surface area (Å²) in [7, 11) is 0. The van der Waals surface area contributed by atoms with Crippen LogP contribution in [0.15, 0.2) is 12.3 Å². The summed E-state index contributed by atoms with van der Waals surface area (Å²) >= 11 is 0. The second-order valence-electron chi connectivity index (χ2n) is 4.24. The number of esters is 1. The second kappa shape index (κ2) is 6.15. The predicted octanol–water partition coefficient (Wildman–Crippen LogP) is 1.98. The molecule has 0 aliphatic carbocycles. The molecule has 0 atom stereocenters. The summed E-state index contributed by atoms with van der Waals surface area (Å²) in [6.07, 6.45) is -0.00297. The number of carbonyl (C=O) groups is 2. The van der Waals surface area contributed by atoms with Gasteiger partial charge in [-0.25, -0.2) is 9.59 Å². The van der Waals surface area contributed by atoms with Crippen LogP contribution in [0.5, 0.6) is 0 Å². The Labute approximate surface area is 95.8 Å². The molecule has 0 spiro atoms. The number of rotatable bonds is 4. The van der Waals surface area contributed by atoms with Crippen molar-refractivity contribution < 1.29 is 19.1 Å². The molecule has 0 aliphatic heterocycles. The molecule has 1 amide bonds. The SMILES string of the molecule is C=C(NC(=O)OC(C)(C)C)C(=O)OCCC. The predicted molar refractivity (Wildman–Crippen MR) is 59.8 cm³/mol. The van der Waals surface area contributed by atoms with E-state index >= 15 is 0 Å². The first-order chi connectivity index (χ1) is 7.26. The average molecular weight is 229 g/mol. The first kappa shape index (κ1) is 14.5. The molecule has 5 nitrogen and oxygen atoms in total. The van der Waals surface area contributed by atoms with E-state index in [-0.39, 0.29) is 5.70 Å². The van der Waals surface area contributed by atoms with E-state index in [4.69, 9.17) is 9.47 Å². The van der Waals surface area contributed by atoms with E-state index in [1.807, 2.05) is 6.92 Å². The van der Waals surface area contributed by atoms with Gasteiger partial charge in [0, 0.05) is 0 Å². The average Bonchev–Trinajstić information content (AvgIpc) is 2.10. The van der Waals surface area contributed by atoms with Gasteiger partial charge in [-0.15, -0.1) is 0 Å². The Hall–Kier alpha value is -1.52. The van der Waals surface area contributed by atoms with Crippen molar-refractivity contribution in [1.29, 1.82) is 0 Å². The third-order valence-electron chi connectivity index (χ3n) is 1.34. The van der Waals surface area contributed by atoms with Crippen molar-refractivity contribution in [3.05, 3.63) is 12.3 Å². The second-order valence-corrected chi connectivity index (χ2v) is 4.24. The van der Waals surface area contributed by atoms with E-state index in [0.717, 1.165) is 0 Å². The van der Waals surface area contributed by atoms with Crippen molar-refractivity contribution in [3.8, 4) is 0 Å². The molecule has 0 aliphatic rings. The molecular formula is C11H19NO4. The van der Waals surface area contributed by atoms with Crippen molar-refractivity contribution in [2.24, 2.45) is 0 Å². The fraction of sp³-hybridized carbons (Fsp3) is 0.636. The molecule has 0 aromatic carbocycles. The van der Waals surface area contributed by atoms with Crippen molar-refractivity contribution >= 4 is 12.1 Å². The number of amides is 1. The lowest BCUT2D eigenvalue weighted by atomic mass is 10.2. The van der Waals surface area contributed by atoms with Gasteiger partial charge < -0.3 is 9.47 Å². The van der Waals surface area contributed by atoms with Gasteiger partial charge in [-0.1, -0.05) is 13.5 Å². The van der Waals surface area contributed by atoms with Crippen LogP contribution in [0.2, 0.25) is 0 Å². The molecule has 16 heavy (non-hydrogen) atoms. The quantitative estimate of drug-likeness (QED) is 0.591. The third-order valence-corrected chi connectivity index (χ3v) is 1.34. The van der Waals surface area contributed by atoms with Crippen LogP contribution in [0.1, 0.15) is 34.1 Å². The van der Waals surface area contributed by atoms with Gasteiger partial charge in [0.25, 0.3) is 0 Å². The van der Waals surface area contributed by atoms with Crippen molar-refractivity contribution in [2.75, 3.05) is 6.61 Å². The zero-order valence-electron chi connectivity index (χ0n) is 10.3. The number of hydrogen-bond donors (Lipinski definition) is 1. The largest absolute Gasteiger partial charge is 0.461 e. The molecule has 0 saturated carbocycles. The van der Waals surface area contributed by atoms with E-state index < -0.39 is 17.7 Å². The van der Waals surface area contributed by atoms with Crippen LogP contribution >= 0.6 is 0 Å². The summed E-state index contributed by atoms with van der Waals surface area (Å²) in [4.78, 5) is 22.5. The van der Waals surface area contributed by atoms with E-state index in [1.165, 1.54) is 0 Å². The zero-order valence-corrected chi connectivity index (χ0v) is 10.3. The van der Waals surface area contributed by atoms with Crippen LogP contribution in [0.25, 0.3) is 0 Å². The standard InChI is InChI=1S/C11H19NO4/c1-6-7-15-9(13)8(2)12-10(14)16-11(3,4)5/h2,6-7H2,1,3-5H3,(H,12,14). The van der Waals surface area contributed by atoms with E-state index in [0.29, 0.717) is 13.0 Å². The van der Waals surface area contributed by atoms with E-state index in [1.54, 1.807) is 20.8 Å². The first-order valence-corrected chi connectivity index (χ1v) is 5.12. The Kier molecular flexibility index (Phi) is 5.56. The summed E-state index contributed by atoms with van der Waals surface area (Å²) < 4.78 is 9.72. The van der Waals surface area contributed by atoms with E-state index in [9.17, 15) is 9.59 Å². The summed E-state index contributed by atoms with van der Waals surface area (Å²) in [5.41, 5.74) is -0.736. The molecule has 1 N–H and O–H groups in total. The number of carbonyl (C=O) groups excluding carboxylic acids is 2. The highest BCUT2D eigenvalue weighted by Crippen LogP contribution is 2.07. The maximum atomic E-state index is 11.2. The third kappa shape index (κ3) is 6.86. The van der Waals surface area contributed by atoms with Gasteiger partial charge in [-0.05, 0) is 27.2 Å². The van der Waals surface area contributed by atoms with E-state index in [2.05, 4.69) is 11.9 Å². The maximum absolute atomic E-state index is 11.2. The van der Waals surface area contributed by atoms with Crippen molar-refractivity contribution in [3.63, 3.8) is 0 Å². The molecule has 0 aromatic heterocycles. The Morgan fingerprint density at radius 2 is 1.88 bits per heavy atom. The van der Waals surface area contributed by atoms with Crippen molar-refractivity contribution in [1.82, 2.24) is 5.32 Å². The minimum Gasteiger partial charge on any atom is -0.461 e. The first-order valence-electron chi connectivity index (χ1n) is 5.12. The minimum atomic E-state index is -0.717. The Balaban J connectivity index is 4.05. The Morgan fingerprint density at radius 3 is 2.31 bits per heavy atom. The molecule has 0 heterocycles. The number of nitrogens with one attached hydrogen (secondary N) is 1. The minimum absolute atomic E-state index is 0.123. The highest BCUT2D eigenvalue weighted by Gasteiger charge is 2.18. The van der Waals surface area contributed by atoms with Gasteiger partial charge in [0.05, 0.1) is 6.61 Å². The molecular weight excluding hydrogens is 210 g/mol. The number of ether oxygens (including phenoxy) is 2. The lowest BCUT2D eigenvalue weighted by molar-refractivity contribution is -0.139. The molecule has 5 heteroatoms. The highest BCUT2D eigenvalue weighted by atomic mass is 16.6. The van der Waals surface area contributed by atoms with Crippen LogP contribution in [0, 0.1) is 0 Å². The summed E-state index contributed by atoms with van der Waals surface area (Å²) in [5, 5.41) is 2.21.